The van der Waals surface area contributed by atoms with E-state index in [9.17, 15) is 19.8 Å². The predicted molar refractivity (Wildman–Crippen MR) is 85.9 cm³/mol. The van der Waals surface area contributed by atoms with Crippen LogP contribution in [0, 0.1) is 0 Å². The third-order valence-corrected chi connectivity index (χ3v) is 3.88. The molecule has 3 rings (SSSR count). The van der Waals surface area contributed by atoms with Crippen LogP contribution in [0.4, 0.5) is 0 Å². The SMILES string of the molecule is O=C(O)c1c(O)c(=O)n(-c2ccc(Br)cc2)c2ccccc12. The number of aromatic carboxylic acids is 1. The van der Waals surface area contributed by atoms with E-state index >= 15 is 0 Å². The number of hydrogen-bond donors (Lipinski definition) is 2. The van der Waals surface area contributed by atoms with Gasteiger partial charge in [-0.05, 0) is 30.3 Å². The van der Waals surface area contributed by atoms with Gasteiger partial charge in [-0.2, -0.15) is 0 Å². The molecule has 0 saturated carbocycles. The van der Waals surface area contributed by atoms with Gasteiger partial charge in [-0.25, -0.2) is 4.79 Å². The molecule has 1 aromatic heterocycles. The zero-order chi connectivity index (χ0) is 15.9. The van der Waals surface area contributed by atoms with Crippen LogP contribution in [0.5, 0.6) is 5.75 Å². The number of carboxylic acid groups (broad SMARTS) is 1. The highest BCUT2D eigenvalue weighted by molar-refractivity contribution is 9.10. The van der Waals surface area contributed by atoms with Crippen LogP contribution in [0.3, 0.4) is 0 Å². The summed E-state index contributed by atoms with van der Waals surface area (Å²) in [5.74, 6) is -2.11. The number of para-hydroxylation sites is 1. The Morgan fingerprint density at radius 2 is 1.68 bits per heavy atom. The van der Waals surface area contributed by atoms with E-state index in [2.05, 4.69) is 15.9 Å². The van der Waals surface area contributed by atoms with E-state index in [0.717, 1.165) is 4.47 Å². The number of benzene rings is 2. The Labute approximate surface area is 133 Å². The number of aromatic nitrogens is 1. The molecule has 0 fully saturated rings. The number of nitrogens with zero attached hydrogens (tertiary/aromatic N) is 1. The number of carboxylic acids is 1. The van der Waals surface area contributed by atoms with Crippen LogP contribution in [0.1, 0.15) is 10.4 Å². The van der Waals surface area contributed by atoms with E-state index in [1.54, 1.807) is 48.5 Å². The third kappa shape index (κ3) is 2.17. The Hall–Kier alpha value is -2.60. The molecular weight excluding hydrogens is 350 g/mol. The topological polar surface area (TPSA) is 79.5 Å². The highest BCUT2D eigenvalue weighted by Crippen LogP contribution is 2.26. The molecule has 0 aliphatic heterocycles. The molecule has 6 heteroatoms. The molecule has 110 valence electrons. The highest BCUT2D eigenvalue weighted by atomic mass is 79.9. The molecule has 3 aromatic rings. The monoisotopic (exact) mass is 359 g/mol. The smallest absolute Gasteiger partial charge is 0.340 e. The lowest BCUT2D eigenvalue weighted by molar-refractivity contribution is 0.0695. The number of hydrogen-bond acceptors (Lipinski definition) is 3. The Kier molecular flexibility index (Phi) is 3.46. The minimum atomic E-state index is -1.34. The van der Waals surface area contributed by atoms with Crippen LogP contribution in [0.15, 0.2) is 57.8 Å². The lowest BCUT2D eigenvalue weighted by Crippen LogP contribution is -2.21. The van der Waals surface area contributed by atoms with Crippen molar-refractivity contribution in [2.45, 2.75) is 0 Å². The van der Waals surface area contributed by atoms with Gasteiger partial charge in [0, 0.05) is 15.5 Å². The minimum Gasteiger partial charge on any atom is -0.502 e. The number of pyridine rings is 1. The largest absolute Gasteiger partial charge is 0.502 e. The second-order valence-electron chi connectivity index (χ2n) is 4.66. The standard InChI is InChI=1S/C16H10BrNO4/c17-9-5-7-10(8-6-9)18-12-4-2-1-3-11(12)13(16(21)22)14(19)15(18)20/h1-8,19H,(H,21,22). The lowest BCUT2D eigenvalue weighted by Gasteiger charge is -2.13. The van der Waals surface area contributed by atoms with Crippen molar-refractivity contribution in [2.75, 3.05) is 0 Å². The number of halogens is 1. The Bertz CT molecular complexity index is 945. The molecular formula is C16H10BrNO4. The summed E-state index contributed by atoms with van der Waals surface area (Å²) in [5.41, 5.74) is -0.186. The summed E-state index contributed by atoms with van der Waals surface area (Å²) in [7, 11) is 0. The average molecular weight is 360 g/mol. The highest BCUT2D eigenvalue weighted by Gasteiger charge is 2.21. The summed E-state index contributed by atoms with van der Waals surface area (Å²) in [6.45, 7) is 0. The maximum absolute atomic E-state index is 12.4. The first-order chi connectivity index (χ1) is 10.5. The number of aromatic hydroxyl groups is 1. The molecule has 0 aliphatic rings. The van der Waals surface area contributed by atoms with E-state index in [0.29, 0.717) is 16.6 Å². The normalized spacial score (nSPS) is 10.8. The zero-order valence-corrected chi connectivity index (χ0v) is 12.7. The fraction of sp³-hybridized carbons (Fsp3) is 0. The summed E-state index contributed by atoms with van der Waals surface area (Å²) >= 11 is 3.32. The molecule has 0 unspecified atom stereocenters. The van der Waals surface area contributed by atoms with Gasteiger partial charge in [0.1, 0.15) is 5.56 Å². The van der Waals surface area contributed by atoms with E-state index < -0.39 is 17.3 Å². The number of rotatable bonds is 2. The van der Waals surface area contributed by atoms with E-state index in [-0.39, 0.29) is 5.56 Å². The van der Waals surface area contributed by atoms with Crippen LogP contribution >= 0.6 is 15.9 Å². The molecule has 0 bridgehead atoms. The van der Waals surface area contributed by atoms with Crippen molar-refractivity contribution in [3.63, 3.8) is 0 Å². The van der Waals surface area contributed by atoms with E-state index in [1.807, 2.05) is 0 Å². The lowest BCUT2D eigenvalue weighted by atomic mass is 10.1. The molecule has 5 nitrogen and oxygen atoms in total. The summed E-state index contributed by atoms with van der Waals surface area (Å²) < 4.78 is 2.14. The molecule has 0 atom stereocenters. The molecule has 2 N–H and O–H groups in total. The first kappa shape index (κ1) is 14.3. The van der Waals surface area contributed by atoms with Gasteiger partial charge in [-0.15, -0.1) is 0 Å². The fourth-order valence-electron chi connectivity index (χ4n) is 2.39. The Morgan fingerprint density at radius 1 is 1.05 bits per heavy atom. The molecule has 0 radical (unpaired) electrons. The van der Waals surface area contributed by atoms with Crippen molar-refractivity contribution < 1.29 is 15.0 Å². The van der Waals surface area contributed by atoms with Crippen molar-refractivity contribution in [3.05, 3.63) is 68.9 Å². The van der Waals surface area contributed by atoms with Crippen LogP contribution in [-0.2, 0) is 0 Å². The summed E-state index contributed by atoms with van der Waals surface area (Å²) in [4.78, 5) is 23.8. The molecule has 0 aliphatic carbocycles. The van der Waals surface area contributed by atoms with Crippen molar-refractivity contribution in [1.29, 1.82) is 0 Å². The Morgan fingerprint density at radius 3 is 2.32 bits per heavy atom. The minimum absolute atomic E-state index is 0.301. The number of fused-ring (bicyclic) bond motifs is 1. The average Bonchev–Trinajstić information content (AvgIpc) is 2.50. The van der Waals surface area contributed by atoms with Crippen LogP contribution < -0.4 is 5.56 Å². The summed E-state index contributed by atoms with van der Waals surface area (Å²) in [6, 6.07) is 13.5. The first-order valence-electron chi connectivity index (χ1n) is 6.36. The van der Waals surface area contributed by atoms with Gasteiger partial charge < -0.3 is 10.2 Å². The molecule has 1 heterocycles. The molecule has 0 saturated heterocycles. The van der Waals surface area contributed by atoms with Gasteiger partial charge >= 0.3 is 5.97 Å². The second kappa shape index (κ2) is 5.31. The molecule has 2 aromatic carbocycles. The molecule has 22 heavy (non-hydrogen) atoms. The van der Waals surface area contributed by atoms with Crippen LogP contribution in [0.25, 0.3) is 16.6 Å². The zero-order valence-electron chi connectivity index (χ0n) is 11.2. The van der Waals surface area contributed by atoms with Gasteiger partial charge in [0.2, 0.25) is 0 Å². The van der Waals surface area contributed by atoms with Gasteiger partial charge in [0.05, 0.1) is 5.52 Å². The van der Waals surface area contributed by atoms with Crippen LogP contribution in [0.2, 0.25) is 0 Å². The van der Waals surface area contributed by atoms with Gasteiger partial charge in [-0.3, -0.25) is 9.36 Å². The Balaban J connectivity index is 2.49. The van der Waals surface area contributed by atoms with E-state index in [1.165, 1.54) is 4.57 Å². The predicted octanol–water partition coefficient (Wildman–Crippen LogP) is 3.16. The third-order valence-electron chi connectivity index (χ3n) is 3.36. The fourth-order valence-corrected chi connectivity index (χ4v) is 2.66. The summed E-state index contributed by atoms with van der Waals surface area (Å²) in [6.07, 6.45) is 0. The maximum Gasteiger partial charge on any atom is 0.340 e. The van der Waals surface area contributed by atoms with Crippen molar-refractivity contribution in [1.82, 2.24) is 4.57 Å². The van der Waals surface area contributed by atoms with Crippen molar-refractivity contribution >= 4 is 32.8 Å². The summed E-state index contributed by atoms with van der Waals surface area (Å²) in [5, 5.41) is 19.6. The van der Waals surface area contributed by atoms with Gasteiger partial charge in [0.15, 0.2) is 5.75 Å². The quantitative estimate of drug-likeness (QED) is 0.736. The van der Waals surface area contributed by atoms with Crippen molar-refractivity contribution in [3.8, 4) is 11.4 Å². The van der Waals surface area contributed by atoms with Crippen molar-refractivity contribution in [2.24, 2.45) is 0 Å². The molecule has 0 spiro atoms. The second-order valence-corrected chi connectivity index (χ2v) is 5.58. The van der Waals surface area contributed by atoms with Gasteiger partial charge in [-0.1, -0.05) is 34.1 Å². The number of carbonyl (C=O) groups is 1. The van der Waals surface area contributed by atoms with E-state index in [4.69, 9.17) is 0 Å². The first-order valence-corrected chi connectivity index (χ1v) is 7.16. The van der Waals surface area contributed by atoms with Gasteiger partial charge in [0.25, 0.3) is 5.56 Å². The van der Waals surface area contributed by atoms with Crippen LogP contribution in [-0.4, -0.2) is 20.7 Å². The molecule has 0 amide bonds. The maximum atomic E-state index is 12.4.